The predicted octanol–water partition coefficient (Wildman–Crippen LogP) is 3.66. The molecule has 7 rings (SSSR count). The van der Waals surface area contributed by atoms with E-state index in [-0.39, 0.29) is 5.91 Å². The van der Waals surface area contributed by atoms with E-state index in [0.717, 1.165) is 68.9 Å². The smallest absolute Gasteiger partial charge is 0.253 e. The highest BCUT2D eigenvalue weighted by atomic mass is 16.3. The quantitative estimate of drug-likeness (QED) is 0.589. The molecular formula is C28H38N6O2. The summed E-state index contributed by atoms with van der Waals surface area (Å²) < 4.78 is 0. The number of carbonyl (C=O) groups is 1. The van der Waals surface area contributed by atoms with E-state index in [1.165, 1.54) is 12.8 Å². The lowest BCUT2D eigenvalue weighted by Gasteiger charge is -2.58. The molecule has 2 atom stereocenters. The van der Waals surface area contributed by atoms with Crippen LogP contribution in [0.1, 0.15) is 54.4 Å². The molecule has 8 nitrogen and oxygen atoms in total. The van der Waals surface area contributed by atoms with Crippen LogP contribution in [0, 0.1) is 24.7 Å². The topological polar surface area (TPSA) is 93.6 Å². The van der Waals surface area contributed by atoms with Gasteiger partial charge in [0.05, 0.1) is 5.60 Å². The van der Waals surface area contributed by atoms with E-state index in [4.69, 9.17) is 4.98 Å². The van der Waals surface area contributed by atoms with Crippen molar-refractivity contribution in [1.29, 1.82) is 0 Å². The van der Waals surface area contributed by atoms with Crippen LogP contribution < -0.4 is 10.6 Å². The molecule has 2 heterocycles. The Labute approximate surface area is 213 Å². The monoisotopic (exact) mass is 490 g/mol. The van der Waals surface area contributed by atoms with Gasteiger partial charge in [-0.25, -0.2) is 4.98 Å². The number of hydrogen-bond donors (Lipinski definition) is 3. The van der Waals surface area contributed by atoms with Crippen LogP contribution in [0.2, 0.25) is 0 Å². The zero-order valence-corrected chi connectivity index (χ0v) is 21.4. The van der Waals surface area contributed by atoms with Gasteiger partial charge in [-0.2, -0.15) is 4.98 Å². The summed E-state index contributed by atoms with van der Waals surface area (Å²) in [5.41, 5.74) is 2.16. The van der Waals surface area contributed by atoms with Crippen molar-refractivity contribution in [2.24, 2.45) is 17.8 Å². The molecule has 8 heteroatoms. The van der Waals surface area contributed by atoms with Crippen molar-refractivity contribution in [3.8, 4) is 0 Å². The molecule has 36 heavy (non-hydrogen) atoms. The first-order chi connectivity index (χ1) is 17.3. The van der Waals surface area contributed by atoms with Gasteiger partial charge in [-0.1, -0.05) is 0 Å². The number of benzene rings is 1. The number of likely N-dealkylation sites (N-methyl/N-ethyl adjacent to an activating group) is 1. The van der Waals surface area contributed by atoms with Gasteiger partial charge >= 0.3 is 0 Å². The van der Waals surface area contributed by atoms with Crippen LogP contribution in [-0.4, -0.2) is 75.7 Å². The first kappa shape index (κ1) is 23.7. The van der Waals surface area contributed by atoms with Gasteiger partial charge in [0.1, 0.15) is 5.82 Å². The third-order valence-electron chi connectivity index (χ3n) is 8.91. The van der Waals surface area contributed by atoms with Gasteiger partial charge in [-0.3, -0.25) is 4.79 Å². The van der Waals surface area contributed by atoms with E-state index in [2.05, 4.69) is 27.6 Å². The van der Waals surface area contributed by atoms with Gasteiger partial charge in [0.15, 0.2) is 0 Å². The molecule has 1 aliphatic heterocycles. The largest absolute Gasteiger partial charge is 0.390 e. The third kappa shape index (κ3) is 4.68. The zero-order chi connectivity index (χ0) is 24.9. The van der Waals surface area contributed by atoms with Crippen LogP contribution in [0.15, 0.2) is 30.5 Å². The second-order valence-electron chi connectivity index (χ2n) is 11.7. The van der Waals surface area contributed by atoms with Crippen LogP contribution in [0.5, 0.6) is 0 Å². The maximum absolute atomic E-state index is 13.0. The fourth-order valence-electron chi connectivity index (χ4n) is 7.28. The molecule has 1 aromatic carbocycles. The number of hydrogen-bond acceptors (Lipinski definition) is 7. The Morgan fingerprint density at radius 2 is 1.81 bits per heavy atom. The van der Waals surface area contributed by atoms with Gasteiger partial charge in [-0.15, -0.1) is 0 Å². The second-order valence-corrected chi connectivity index (χ2v) is 11.7. The molecule has 4 saturated carbocycles. The molecule has 3 N–H and O–H groups in total. The first-order valence-corrected chi connectivity index (χ1v) is 13.5. The normalized spacial score (nSPS) is 31.8. The molecule has 5 aliphatic rings. The molecule has 0 spiro atoms. The lowest BCUT2D eigenvalue weighted by Crippen LogP contribution is -2.59. The molecule has 1 amide bonds. The highest BCUT2D eigenvalue weighted by molar-refractivity contribution is 5.94. The minimum Gasteiger partial charge on any atom is -0.390 e. The van der Waals surface area contributed by atoms with Crippen LogP contribution >= 0.6 is 0 Å². The third-order valence-corrected chi connectivity index (χ3v) is 8.91. The molecule has 5 fully saturated rings. The first-order valence-electron chi connectivity index (χ1n) is 13.5. The van der Waals surface area contributed by atoms with E-state index in [9.17, 15) is 9.90 Å². The van der Waals surface area contributed by atoms with E-state index in [0.29, 0.717) is 35.3 Å². The summed E-state index contributed by atoms with van der Waals surface area (Å²) in [6, 6.07) is 7.97. The number of anilines is 3. The molecule has 2 aromatic rings. The number of aliphatic hydroxyl groups is 1. The second kappa shape index (κ2) is 9.30. The summed E-state index contributed by atoms with van der Waals surface area (Å²) in [5, 5.41) is 18.0. The van der Waals surface area contributed by atoms with Gasteiger partial charge < -0.3 is 25.5 Å². The number of nitrogens with zero attached hydrogens (tertiary/aromatic N) is 4. The predicted molar refractivity (Wildman–Crippen MR) is 140 cm³/mol. The molecular weight excluding hydrogens is 452 g/mol. The van der Waals surface area contributed by atoms with Crippen LogP contribution in [0.25, 0.3) is 0 Å². The van der Waals surface area contributed by atoms with Crippen LogP contribution in [-0.2, 0) is 0 Å². The average molecular weight is 491 g/mol. The maximum Gasteiger partial charge on any atom is 0.253 e. The van der Waals surface area contributed by atoms with Gasteiger partial charge in [-0.05, 0) is 101 Å². The maximum atomic E-state index is 13.0. The van der Waals surface area contributed by atoms with Gasteiger partial charge in [0.2, 0.25) is 5.95 Å². The molecule has 192 valence electrons. The summed E-state index contributed by atoms with van der Waals surface area (Å²) in [6.45, 7) is 5.56. The van der Waals surface area contributed by atoms with Crippen molar-refractivity contribution in [2.45, 2.75) is 57.1 Å². The van der Waals surface area contributed by atoms with Crippen molar-refractivity contribution >= 4 is 23.4 Å². The van der Waals surface area contributed by atoms with Gasteiger partial charge in [0, 0.05) is 48.7 Å². The SMILES string of the molecule is Cc1cnc(Nc2ccc(C(=O)N3CCCN(C)CC3)cc2)nc1NC1C2CC3CC1CC(O)(C3)C2. The van der Waals surface area contributed by atoms with Crippen molar-refractivity contribution < 1.29 is 9.90 Å². The lowest BCUT2D eigenvalue weighted by atomic mass is 9.52. The van der Waals surface area contributed by atoms with Crippen molar-refractivity contribution in [2.75, 3.05) is 43.9 Å². The van der Waals surface area contributed by atoms with Crippen LogP contribution in [0.4, 0.5) is 17.5 Å². The highest BCUT2D eigenvalue weighted by Crippen LogP contribution is 2.56. The lowest BCUT2D eigenvalue weighted by molar-refractivity contribution is -0.129. The summed E-state index contributed by atoms with van der Waals surface area (Å²) in [6.07, 6.45) is 8.10. The Morgan fingerprint density at radius 1 is 1.06 bits per heavy atom. The van der Waals surface area contributed by atoms with E-state index in [1.54, 1.807) is 0 Å². The van der Waals surface area contributed by atoms with Crippen molar-refractivity contribution in [3.05, 3.63) is 41.6 Å². The zero-order valence-electron chi connectivity index (χ0n) is 21.4. The number of rotatable bonds is 5. The molecule has 4 aliphatic carbocycles. The fraction of sp³-hybridized carbons (Fsp3) is 0.607. The number of carbonyl (C=O) groups excluding carboxylic acids is 1. The summed E-state index contributed by atoms with van der Waals surface area (Å²) in [7, 11) is 2.11. The van der Waals surface area contributed by atoms with Crippen molar-refractivity contribution in [1.82, 2.24) is 19.8 Å². The Balaban J connectivity index is 1.12. The minimum absolute atomic E-state index is 0.0928. The Hall–Kier alpha value is -2.71. The number of amides is 1. The van der Waals surface area contributed by atoms with Gasteiger partial charge in [0.25, 0.3) is 5.91 Å². The summed E-state index contributed by atoms with van der Waals surface area (Å²) in [5.74, 6) is 3.22. The minimum atomic E-state index is -0.431. The van der Waals surface area contributed by atoms with Crippen LogP contribution in [0.3, 0.4) is 0 Å². The van der Waals surface area contributed by atoms with E-state index >= 15 is 0 Å². The number of nitrogens with one attached hydrogen (secondary N) is 2. The summed E-state index contributed by atoms with van der Waals surface area (Å²) in [4.78, 5) is 26.5. The molecule has 2 unspecified atom stereocenters. The number of aryl methyl sites for hydroxylation is 1. The molecule has 1 aromatic heterocycles. The van der Waals surface area contributed by atoms with Crippen molar-refractivity contribution in [3.63, 3.8) is 0 Å². The Bertz CT molecular complexity index is 1110. The highest BCUT2D eigenvalue weighted by Gasteiger charge is 2.54. The Morgan fingerprint density at radius 3 is 2.53 bits per heavy atom. The molecule has 0 radical (unpaired) electrons. The Kier molecular flexibility index (Phi) is 6.12. The molecule has 1 saturated heterocycles. The fourth-order valence-corrected chi connectivity index (χ4v) is 7.28. The average Bonchev–Trinajstić information content (AvgIpc) is 3.06. The summed E-state index contributed by atoms with van der Waals surface area (Å²) >= 11 is 0. The van der Waals surface area contributed by atoms with E-state index in [1.807, 2.05) is 42.3 Å². The molecule has 4 bridgehead atoms. The number of aromatic nitrogens is 2. The van der Waals surface area contributed by atoms with E-state index < -0.39 is 5.60 Å². The standard InChI is InChI=1S/C28H38N6O2/c1-18-17-29-27(32-25(18)31-24-21-12-19-13-22(24)16-28(36,14-19)15-21)30-23-6-4-20(5-7-23)26(35)34-9-3-8-33(2)10-11-34/h4-7,17,19,21-22,24,36H,3,8-16H2,1-2H3,(H2,29,30,31,32).